The Morgan fingerprint density at radius 1 is 1.27 bits per heavy atom. The Kier molecular flexibility index (Phi) is 3.33. The minimum atomic E-state index is -4.86. The van der Waals surface area contributed by atoms with E-state index in [-0.39, 0.29) is 5.56 Å². The normalized spacial score (nSPS) is 12.7. The number of hydrogen-bond acceptors (Lipinski definition) is 3. The third-order valence-corrected chi connectivity index (χ3v) is 2.45. The van der Waals surface area contributed by atoms with Gasteiger partial charge in [0.15, 0.2) is 0 Å². The molecule has 1 aromatic rings. The summed E-state index contributed by atoms with van der Waals surface area (Å²) in [5.74, 6) is -4.55. The molecular weight excluding hydrogens is 231 g/mol. The van der Waals surface area contributed by atoms with Crippen LogP contribution in [0.4, 0.5) is 12.7 Å². The number of pyridine rings is 1. The third kappa shape index (κ3) is 3.86. The van der Waals surface area contributed by atoms with Crippen LogP contribution in [0.5, 0.6) is 0 Å². The van der Waals surface area contributed by atoms with E-state index in [1.54, 1.807) is 0 Å². The molecule has 0 fully saturated rings. The standard InChI is InChI=1S/C8H8F3NO2S/c9-8(10,3-6-15(11,13)14)7-1-4-12-5-2-7/h1-2,4-5H,3,6H2. The average Bonchev–Trinajstić information content (AvgIpc) is 2.16. The lowest BCUT2D eigenvalue weighted by Crippen LogP contribution is -2.17. The molecule has 1 aromatic heterocycles. The van der Waals surface area contributed by atoms with E-state index in [0.717, 1.165) is 24.5 Å². The molecule has 84 valence electrons. The lowest BCUT2D eigenvalue weighted by Gasteiger charge is -2.14. The van der Waals surface area contributed by atoms with E-state index in [1.165, 1.54) is 0 Å². The Bertz CT molecular complexity index is 419. The first-order valence-corrected chi connectivity index (χ1v) is 5.57. The monoisotopic (exact) mass is 239 g/mol. The summed E-state index contributed by atoms with van der Waals surface area (Å²) in [6.07, 6.45) is 1.25. The van der Waals surface area contributed by atoms with Crippen molar-refractivity contribution in [2.45, 2.75) is 12.3 Å². The van der Waals surface area contributed by atoms with Crippen LogP contribution in [0.15, 0.2) is 24.5 Å². The molecule has 0 saturated heterocycles. The van der Waals surface area contributed by atoms with E-state index >= 15 is 0 Å². The quantitative estimate of drug-likeness (QED) is 0.753. The summed E-state index contributed by atoms with van der Waals surface area (Å²) in [5, 5.41) is 0. The van der Waals surface area contributed by atoms with Crippen molar-refractivity contribution in [2.75, 3.05) is 5.75 Å². The fourth-order valence-electron chi connectivity index (χ4n) is 0.990. The summed E-state index contributed by atoms with van der Waals surface area (Å²) >= 11 is 0. The Hall–Kier alpha value is -1.11. The van der Waals surface area contributed by atoms with Crippen molar-refractivity contribution >= 4 is 10.2 Å². The number of rotatable bonds is 4. The largest absolute Gasteiger partial charge is 0.302 e. The van der Waals surface area contributed by atoms with Gasteiger partial charge in [-0.15, -0.1) is 3.89 Å². The molecule has 1 rings (SSSR count). The zero-order chi connectivity index (χ0) is 11.5. The molecule has 0 saturated carbocycles. The predicted octanol–water partition coefficient (Wildman–Crippen LogP) is 1.86. The molecule has 3 nitrogen and oxygen atoms in total. The maximum Gasteiger partial charge on any atom is 0.302 e. The molecular formula is C8H8F3NO2S. The van der Waals surface area contributed by atoms with Gasteiger partial charge in [-0.1, -0.05) is 0 Å². The van der Waals surface area contributed by atoms with Crippen molar-refractivity contribution in [1.29, 1.82) is 0 Å². The second-order valence-corrected chi connectivity index (χ2v) is 4.42. The van der Waals surface area contributed by atoms with Gasteiger partial charge in [-0.25, -0.2) is 8.78 Å². The highest BCUT2D eigenvalue weighted by molar-refractivity contribution is 7.86. The highest BCUT2D eigenvalue weighted by atomic mass is 32.3. The summed E-state index contributed by atoms with van der Waals surface area (Å²) in [7, 11) is -4.86. The lowest BCUT2D eigenvalue weighted by atomic mass is 10.1. The molecule has 0 amide bonds. The fraction of sp³-hybridized carbons (Fsp3) is 0.375. The predicted molar refractivity (Wildman–Crippen MR) is 47.6 cm³/mol. The topological polar surface area (TPSA) is 47.0 Å². The minimum absolute atomic E-state index is 0.374. The fourth-order valence-corrected chi connectivity index (χ4v) is 1.49. The molecule has 1 heterocycles. The summed E-state index contributed by atoms with van der Waals surface area (Å²) in [6.45, 7) is 0. The van der Waals surface area contributed by atoms with Crippen molar-refractivity contribution in [3.63, 3.8) is 0 Å². The van der Waals surface area contributed by atoms with Crippen LogP contribution in [0.25, 0.3) is 0 Å². The molecule has 7 heteroatoms. The first kappa shape index (κ1) is 12.0. The second kappa shape index (κ2) is 4.18. The van der Waals surface area contributed by atoms with E-state index in [9.17, 15) is 21.1 Å². The Morgan fingerprint density at radius 3 is 2.27 bits per heavy atom. The molecule has 0 spiro atoms. The number of alkyl halides is 2. The highest BCUT2D eigenvalue weighted by Crippen LogP contribution is 2.31. The molecule has 0 N–H and O–H groups in total. The zero-order valence-corrected chi connectivity index (χ0v) is 8.35. The van der Waals surface area contributed by atoms with Crippen LogP contribution >= 0.6 is 0 Å². The van der Waals surface area contributed by atoms with Crippen LogP contribution in [-0.2, 0) is 16.1 Å². The van der Waals surface area contributed by atoms with Crippen LogP contribution in [-0.4, -0.2) is 19.2 Å². The summed E-state index contributed by atoms with van der Waals surface area (Å²) in [5.41, 5.74) is -0.374. The van der Waals surface area contributed by atoms with Gasteiger partial charge in [0.2, 0.25) is 0 Å². The third-order valence-electron chi connectivity index (χ3n) is 1.76. The molecule has 15 heavy (non-hydrogen) atoms. The van der Waals surface area contributed by atoms with Gasteiger partial charge in [0.05, 0.1) is 5.75 Å². The van der Waals surface area contributed by atoms with Gasteiger partial charge in [-0.3, -0.25) is 4.98 Å². The Balaban J connectivity index is 2.76. The van der Waals surface area contributed by atoms with Crippen molar-refractivity contribution < 1.29 is 21.1 Å². The van der Waals surface area contributed by atoms with Crippen LogP contribution in [0, 0.1) is 0 Å². The first-order chi connectivity index (χ1) is 6.81. The van der Waals surface area contributed by atoms with E-state index in [0.29, 0.717) is 0 Å². The number of halogens is 3. The lowest BCUT2D eigenvalue weighted by molar-refractivity contribution is -0.00773. The van der Waals surface area contributed by atoms with Crippen molar-refractivity contribution in [1.82, 2.24) is 4.98 Å². The maximum absolute atomic E-state index is 13.2. The van der Waals surface area contributed by atoms with Crippen molar-refractivity contribution in [3.8, 4) is 0 Å². The van der Waals surface area contributed by atoms with Crippen LogP contribution < -0.4 is 0 Å². The SMILES string of the molecule is O=S(=O)(F)CCC(F)(F)c1ccncc1. The van der Waals surface area contributed by atoms with Crippen LogP contribution in [0.3, 0.4) is 0 Å². The van der Waals surface area contributed by atoms with E-state index in [4.69, 9.17) is 0 Å². The zero-order valence-electron chi connectivity index (χ0n) is 7.53. The van der Waals surface area contributed by atoms with Gasteiger partial charge in [-0.05, 0) is 12.1 Å². The number of aromatic nitrogens is 1. The van der Waals surface area contributed by atoms with E-state index < -0.39 is 28.3 Å². The summed E-state index contributed by atoms with van der Waals surface area (Å²) in [4.78, 5) is 3.54. The van der Waals surface area contributed by atoms with Gasteiger partial charge < -0.3 is 0 Å². The van der Waals surface area contributed by atoms with Gasteiger partial charge in [0, 0.05) is 24.4 Å². The molecule has 0 atom stereocenters. The van der Waals surface area contributed by atoms with Gasteiger partial charge in [0.25, 0.3) is 5.92 Å². The Labute approximate surface area is 85.2 Å². The first-order valence-electron chi connectivity index (χ1n) is 4.02. The van der Waals surface area contributed by atoms with Crippen LogP contribution in [0.2, 0.25) is 0 Å². The Morgan fingerprint density at radius 2 is 1.80 bits per heavy atom. The highest BCUT2D eigenvalue weighted by Gasteiger charge is 2.33. The molecule has 0 unspecified atom stereocenters. The summed E-state index contributed by atoms with van der Waals surface area (Å²) in [6, 6.07) is 2.12. The van der Waals surface area contributed by atoms with Crippen LogP contribution in [0.1, 0.15) is 12.0 Å². The molecule has 0 aliphatic heterocycles. The van der Waals surface area contributed by atoms with Gasteiger partial charge >= 0.3 is 10.2 Å². The smallest absolute Gasteiger partial charge is 0.265 e. The number of hydrogen-bond donors (Lipinski definition) is 0. The molecule has 0 aliphatic carbocycles. The van der Waals surface area contributed by atoms with Gasteiger partial charge in [0.1, 0.15) is 0 Å². The van der Waals surface area contributed by atoms with Gasteiger partial charge in [-0.2, -0.15) is 8.42 Å². The maximum atomic E-state index is 13.2. The van der Waals surface area contributed by atoms with E-state index in [2.05, 4.69) is 4.98 Å². The second-order valence-electron chi connectivity index (χ2n) is 2.93. The number of nitrogens with zero attached hydrogens (tertiary/aromatic N) is 1. The molecule has 0 bridgehead atoms. The van der Waals surface area contributed by atoms with Crippen molar-refractivity contribution in [3.05, 3.63) is 30.1 Å². The van der Waals surface area contributed by atoms with Crippen molar-refractivity contribution in [2.24, 2.45) is 0 Å². The molecule has 0 radical (unpaired) electrons. The minimum Gasteiger partial charge on any atom is -0.265 e. The molecule has 0 aromatic carbocycles. The molecule has 0 aliphatic rings. The summed E-state index contributed by atoms with van der Waals surface area (Å²) < 4.78 is 58.7. The average molecular weight is 239 g/mol. The van der Waals surface area contributed by atoms with E-state index in [1.807, 2.05) is 0 Å².